The van der Waals surface area contributed by atoms with Crippen molar-refractivity contribution in [1.29, 1.82) is 0 Å². The van der Waals surface area contributed by atoms with Crippen molar-refractivity contribution < 1.29 is 0 Å². The maximum atomic E-state index is 3.60. The number of unbranched alkanes of at least 4 members (excludes halogenated alkanes) is 2. The second-order valence-corrected chi connectivity index (χ2v) is 4.45. The quantitative estimate of drug-likeness (QED) is 0.659. The van der Waals surface area contributed by atoms with Crippen molar-refractivity contribution in [3.8, 4) is 0 Å². The van der Waals surface area contributed by atoms with Gasteiger partial charge in [-0.1, -0.05) is 33.1 Å². The number of nitrogens with one attached hydrogen (secondary N) is 1. The molecule has 0 radical (unpaired) electrons. The molecular weight excluding hydrogens is 172 g/mol. The molecule has 14 heavy (non-hydrogen) atoms. The van der Waals surface area contributed by atoms with Gasteiger partial charge in [-0.15, -0.1) is 0 Å². The molecule has 2 nitrogen and oxygen atoms in total. The summed E-state index contributed by atoms with van der Waals surface area (Å²) in [5.74, 6) is 0. The van der Waals surface area contributed by atoms with E-state index in [0.29, 0.717) is 0 Å². The van der Waals surface area contributed by atoms with Crippen molar-refractivity contribution in [2.24, 2.45) is 0 Å². The van der Waals surface area contributed by atoms with Crippen molar-refractivity contribution in [3.63, 3.8) is 0 Å². The summed E-state index contributed by atoms with van der Waals surface area (Å²) in [6.07, 6.45) is 6.76. The molecule has 0 aromatic rings. The molecule has 0 aromatic heterocycles. The summed E-state index contributed by atoms with van der Waals surface area (Å²) < 4.78 is 0. The van der Waals surface area contributed by atoms with Crippen LogP contribution in [0.3, 0.4) is 0 Å². The zero-order valence-corrected chi connectivity index (χ0v) is 9.89. The van der Waals surface area contributed by atoms with Gasteiger partial charge in [0.15, 0.2) is 0 Å². The van der Waals surface area contributed by atoms with E-state index in [0.717, 1.165) is 6.04 Å². The van der Waals surface area contributed by atoms with E-state index in [9.17, 15) is 0 Å². The van der Waals surface area contributed by atoms with Crippen LogP contribution in [0.25, 0.3) is 0 Å². The molecule has 1 rings (SSSR count). The highest BCUT2D eigenvalue weighted by molar-refractivity contribution is 4.77. The minimum absolute atomic E-state index is 0.760. The first-order valence-corrected chi connectivity index (χ1v) is 6.32. The van der Waals surface area contributed by atoms with Gasteiger partial charge in [-0.3, -0.25) is 0 Å². The average molecular weight is 198 g/mol. The first-order valence-electron chi connectivity index (χ1n) is 6.32. The molecule has 1 N–H and O–H groups in total. The van der Waals surface area contributed by atoms with Crippen LogP contribution < -0.4 is 5.32 Å². The first kappa shape index (κ1) is 12.0. The van der Waals surface area contributed by atoms with Crippen LogP contribution in [0.1, 0.15) is 46.0 Å². The van der Waals surface area contributed by atoms with E-state index in [1.165, 1.54) is 58.3 Å². The molecular formula is C12H26N2. The largest absolute Gasteiger partial charge is 0.311 e. The normalized spacial score (nSPS) is 24.0. The minimum Gasteiger partial charge on any atom is -0.311 e. The molecule has 1 saturated heterocycles. The molecule has 1 aliphatic rings. The molecule has 1 aliphatic heterocycles. The Labute approximate surface area is 89.1 Å². The highest BCUT2D eigenvalue weighted by atomic mass is 15.2. The zero-order valence-electron chi connectivity index (χ0n) is 9.89. The van der Waals surface area contributed by atoms with Crippen molar-refractivity contribution >= 4 is 0 Å². The highest BCUT2D eigenvalue weighted by Gasteiger charge is 2.17. The monoisotopic (exact) mass is 198 g/mol. The van der Waals surface area contributed by atoms with Gasteiger partial charge in [-0.25, -0.2) is 0 Å². The smallest absolute Gasteiger partial charge is 0.0195 e. The van der Waals surface area contributed by atoms with Crippen LogP contribution >= 0.6 is 0 Å². The van der Waals surface area contributed by atoms with Gasteiger partial charge in [-0.05, 0) is 19.4 Å². The molecule has 0 aliphatic carbocycles. The fourth-order valence-electron chi connectivity index (χ4n) is 2.22. The predicted octanol–water partition coefficient (Wildman–Crippen LogP) is 2.25. The van der Waals surface area contributed by atoms with Crippen LogP contribution in [0.2, 0.25) is 0 Å². The molecule has 1 unspecified atom stereocenters. The van der Waals surface area contributed by atoms with Crippen molar-refractivity contribution in [2.75, 3.05) is 26.2 Å². The van der Waals surface area contributed by atoms with Gasteiger partial charge < -0.3 is 10.2 Å². The van der Waals surface area contributed by atoms with Gasteiger partial charge >= 0.3 is 0 Å². The third-order valence-corrected chi connectivity index (χ3v) is 3.05. The lowest BCUT2D eigenvalue weighted by molar-refractivity contribution is 0.191. The lowest BCUT2D eigenvalue weighted by Crippen LogP contribution is -2.50. The Morgan fingerprint density at radius 3 is 2.79 bits per heavy atom. The highest BCUT2D eigenvalue weighted by Crippen LogP contribution is 2.06. The summed E-state index contributed by atoms with van der Waals surface area (Å²) in [5, 5.41) is 3.60. The Morgan fingerprint density at radius 2 is 2.07 bits per heavy atom. The van der Waals surface area contributed by atoms with Gasteiger partial charge in [0.1, 0.15) is 0 Å². The van der Waals surface area contributed by atoms with Gasteiger partial charge in [0.05, 0.1) is 0 Å². The standard InChI is InChI=1S/C12H26N2/c1-3-5-6-9-14-10-8-13-12(11-14)7-4-2/h12-13H,3-11H2,1-2H3. The lowest BCUT2D eigenvalue weighted by atomic mass is 10.1. The van der Waals surface area contributed by atoms with E-state index in [4.69, 9.17) is 0 Å². The van der Waals surface area contributed by atoms with Crippen LogP contribution in [0.5, 0.6) is 0 Å². The Bertz CT molecular complexity index is 134. The van der Waals surface area contributed by atoms with Gasteiger partial charge in [-0.2, -0.15) is 0 Å². The third-order valence-electron chi connectivity index (χ3n) is 3.05. The first-order chi connectivity index (χ1) is 6.86. The van der Waals surface area contributed by atoms with E-state index < -0.39 is 0 Å². The average Bonchev–Trinajstić information content (AvgIpc) is 2.19. The fraction of sp³-hybridized carbons (Fsp3) is 1.00. The second kappa shape index (κ2) is 7.24. The summed E-state index contributed by atoms with van der Waals surface area (Å²) in [5.41, 5.74) is 0. The van der Waals surface area contributed by atoms with E-state index in [1.54, 1.807) is 0 Å². The molecule has 1 atom stereocenters. The fourth-order valence-corrected chi connectivity index (χ4v) is 2.22. The van der Waals surface area contributed by atoms with Crippen LogP contribution in [0, 0.1) is 0 Å². The second-order valence-electron chi connectivity index (χ2n) is 4.45. The number of rotatable bonds is 6. The van der Waals surface area contributed by atoms with E-state index in [2.05, 4.69) is 24.1 Å². The Morgan fingerprint density at radius 1 is 1.21 bits per heavy atom. The molecule has 0 aromatic carbocycles. The Hall–Kier alpha value is -0.0800. The van der Waals surface area contributed by atoms with Crippen LogP contribution in [0.15, 0.2) is 0 Å². The molecule has 0 saturated carbocycles. The molecule has 0 spiro atoms. The van der Waals surface area contributed by atoms with E-state index in [1.807, 2.05) is 0 Å². The summed E-state index contributed by atoms with van der Waals surface area (Å²) in [4.78, 5) is 2.63. The Balaban J connectivity index is 2.12. The third kappa shape index (κ3) is 4.43. The van der Waals surface area contributed by atoms with Crippen LogP contribution in [0.4, 0.5) is 0 Å². The van der Waals surface area contributed by atoms with Gasteiger partial charge in [0, 0.05) is 25.7 Å². The minimum atomic E-state index is 0.760. The van der Waals surface area contributed by atoms with Crippen LogP contribution in [-0.4, -0.2) is 37.1 Å². The number of piperazine rings is 1. The zero-order chi connectivity index (χ0) is 10.2. The number of hydrogen-bond acceptors (Lipinski definition) is 2. The SMILES string of the molecule is CCCCCN1CCNC(CCC)C1. The topological polar surface area (TPSA) is 15.3 Å². The number of hydrogen-bond donors (Lipinski definition) is 1. The predicted molar refractivity (Wildman–Crippen MR) is 62.7 cm³/mol. The molecule has 1 fully saturated rings. The van der Waals surface area contributed by atoms with Crippen LogP contribution in [-0.2, 0) is 0 Å². The summed E-state index contributed by atoms with van der Waals surface area (Å²) in [6, 6.07) is 0.760. The summed E-state index contributed by atoms with van der Waals surface area (Å²) in [6.45, 7) is 9.59. The van der Waals surface area contributed by atoms with Crippen molar-refractivity contribution in [2.45, 2.75) is 52.0 Å². The van der Waals surface area contributed by atoms with Crippen molar-refractivity contribution in [1.82, 2.24) is 10.2 Å². The molecule has 0 bridgehead atoms. The molecule has 1 heterocycles. The Kier molecular flexibility index (Phi) is 6.20. The van der Waals surface area contributed by atoms with Gasteiger partial charge in [0.25, 0.3) is 0 Å². The maximum absolute atomic E-state index is 3.60. The summed E-state index contributed by atoms with van der Waals surface area (Å²) >= 11 is 0. The molecule has 84 valence electrons. The summed E-state index contributed by atoms with van der Waals surface area (Å²) in [7, 11) is 0. The lowest BCUT2D eigenvalue weighted by Gasteiger charge is -2.33. The van der Waals surface area contributed by atoms with Gasteiger partial charge in [0.2, 0.25) is 0 Å². The molecule has 2 heteroatoms. The van der Waals surface area contributed by atoms with E-state index >= 15 is 0 Å². The van der Waals surface area contributed by atoms with Crippen molar-refractivity contribution in [3.05, 3.63) is 0 Å². The number of nitrogens with zero attached hydrogens (tertiary/aromatic N) is 1. The van der Waals surface area contributed by atoms with E-state index in [-0.39, 0.29) is 0 Å². The molecule has 0 amide bonds. The maximum Gasteiger partial charge on any atom is 0.0195 e.